The molecule has 2 aromatic carbocycles. The van der Waals surface area contributed by atoms with Gasteiger partial charge in [-0.3, -0.25) is 4.79 Å². The Labute approximate surface area is 126 Å². The van der Waals surface area contributed by atoms with Gasteiger partial charge in [-0.2, -0.15) is 0 Å². The molecule has 0 unspecified atom stereocenters. The van der Waals surface area contributed by atoms with Crippen LogP contribution in [0.2, 0.25) is 5.02 Å². The standard InChI is InChI=1S/C17H11ClN2O/c1-19-16-15(18)13-9-5-6-10-14(13)20(17(16)21)11-12-7-3-2-4-8-12/h2-10H,11H2. The van der Waals surface area contributed by atoms with Crippen LogP contribution in [0.5, 0.6) is 0 Å². The third kappa shape index (κ3) is 2.31. The molecule has 0 spiro atoms. The van der Waals surface area contributed by atoms with E-state index in [0.29, 0.717) is 6.54 Å². The molecular weight excluding hydrogens is 284 g/mol. The number of aromatic nitrogens is 1. The summed E-state index contributed by atoms with van der Waals surface area (Å²) in [6.07, 6.45) is 0. The van der Waals surface area contributed by atoms with Crippen LogP contribution in [0.25, 0.3) is 15.7 Å². The fourth-order valence-corrected chi connectivity index (χ4v) is 2.66. The zero-order valence-corrected chi connectivity index (χ0v) is 11.8. The molecule has 1 heterocycles. The summed E-state index contributed by atoms with van der Waals surface area (Å²) < 4.78 is 1.60. The molecule has 0 saturated heterocycles. The van der Waals surface area contributed by atoms with E-state index in [0.717, 1.165) is 16.5 Å². The van der Waals surface area contributed by atoms with Gasteiger partial charge in [-0.1, -0.05) is 60.1 Å². The Morgan fingerprint density at radius 2 is 1.71 bits per heavy atom. The molecule has 0 atom stereocenters. The fraction of sp³-hybridized carbons (Fsp3) is 0.0588. The second-order valence-corrected chi connectivity index (χ2v) is 5.05. The SMILES string of the molecule is [C-]#[N+]c1c(Cl)c2ccccc2n(Cc2ccccc2)c1=O. The first-order valence-corrected chi connectivity index (χ1v) is 6.82. The van der Waals surface area contributed by atoms with E-state index in [4.69, 9.17) is 18.2 Å². The maximum Gasteiger partial charge on any atom is 0.269 e. The second kappa shape index (κ2) is 5.43. The Kier molecular flexibility index (Phi) is 3.47. The molecule has 1 aromatic heterocycles. The van der Waals surface area contributed by atoms with Crippen molar-refractivity contribution in [1.29, 1.82) is 0 Å². The molecule has 0 aliphatic carbocycles. The lowest BCUT2D eigenvalue weighted by Crippen LogP contribution is -2.21. The van der Waals surface area contributed by atoms with Gasteiger partial charge in [0.2, 0.25) is 0 Å². The molecule has 0 aliphatic rings. The molecule has 3 nitrogen and oxygen atoms in total. The Bertz CT molecular complexity index is 908. The number of halogens is 1. The highest BCUT2D eigenvalue weighted by Crippen LogP contribution is 2.30. The Hall–Kier alpha value is -2.57. The average molecular weight is 295 g/mol. The van der Waals surface area contributed by atoms with Crippen LogP contribution >= 0.6 is 11.6 Å². The summed E-state index contributed by atoms with van der Waals surface area (Å²) in [6, 6.07) is 17.1. The van der Waals surface area contributed by atoms with Crippen LogP contribution in [0.15, 0.2) is 59.4 Å². The van der Waals surface area contributed by atoms with E-state index < -0.39 is 0 Å². The van der Waals surface area contributed by atoms with Crippen molar-refractivity contribution in [3.05, 3.63) is 87.0 Å². The Balaban J connectivity index is 2.32. The molecule has 3 aromatic rings. The van der Waals surface area contributed by atoms with Gasteiger partial charge in [0.05, 0.1) is 17.1 Å². The molecule has 0 amide bonds. The minimum atomic E-state index is -0.349. The highest BCUT2D eigenvalue weighted by molar-refractivity contribution is 6.38. The van der Waals surface area contributed by atoms with Gasteiger partial charge in [0, 0.05) is 11.9 Å². The largest absolute Gasteiger partial charge is 0.313 e. The molecule has 0 saturated carbocycles. The maximum atomic E-state index is 12.5. The molecule has 4 heteroatoms. The fourth-order valence-electron chi connectivity index (χ4n) is 2.37. The number of benzene rings is 2. The quantitative estimate of drug-likeness (QED) is 0.649. The zero-order valence-electron chi connectivity index (χ0n) is 11.1. The Morgan fingerprint density at radius 1 is 1.05 bits per heavy atom. The Morgan fingerprint density at radius 3 is 2.43 bits per heavy atom. The minimum Gasteiger partial charge on any atom is -0.313 e. The number of hydrogen-bond acceptors (Lipinski definition) is 1. The molecule has 0 bridgehead atoms. The summed E-state index contributed by atoms with van der Waals surface area (Å²) in [5, 5.41) is 0.954. The van der Waals surface area contributed by atoms with E-state index in [9.17, 15) is 4.79 Å². The summed E-state index contributed by atoms with van der Waals surface area (Å²) in [6.45, 7) is 7.62. The van der Waals surface area contributed by atoms with Crippen molar-refractivity contribution in [2.45, 2.75) is 6.54 Å². The maximum absolute atomic E-state index is 12.5. The first kappa shape index (κ1) is 13.4. The number of rotatable bonds is 2. The van der Waals surface area contributed by atoms with Gasteiger partial charge < -0.3 is 4.57 Å². The average Bonchev–Trinajstić information content (AvgIpc) is 2.53. The van der Waals surface area contributed by atoms with Crippen LogP contribution in [0.3, 0.4) is 0 Å². The van der Waals surface area contributed by atoms with Gasteiger partial charge in [0.25, 0.3) is 11.2 Å². The molecule has 21 heavy (non-hydrogen) atoms. The van der Waals surface area contributed by atoms with Crippen molar-refractivity contribution in [2.75, 3.05) is 0 Å². The van der Waals surface area contributed by atoms with Crippen molar-refractivity contribution < 1.29 is 0 Å². The number of fused-ring (bicyclic) bond motifs is 1. The summed E-state index contributed by atoms with van der Waals surface area (Å²) in [7, 11) is 0. The topological polar surface area (TPSA) is 26.4 Å². The van der Waals surface area contributed by atoms with E-state index in [-0.39, 0.29) is 16.3 Å². The normalized spacial score (nSPS) is 10.5. The number of para-hydroxylation sites is 1. The number of hydrogen-bond donors (Lipinski definition) is 0. The zero-order chi connectivity index (χ0) is 14.8. The third-order valence-corrected chi connectivity index (χ3v) is 3.76. The van der Waals surface area contributed by atoms with Crippen LogP contribution in [-0.2, 0) is 6.54 Å². The summed E-state index contributed by atoms with van der Waals surface area (Å²) >= 11 is 6.19. The van der Waals surface area contributed by atoms with E-state index in [1.807, 2.05) is 54.6 Å². The highest BCUT2D eigenvalue weighted by Gasteiger charge is 2.15. The third-order valence-electron chi connectivity index (χ3n) is 3.38. The first-order valence-electron chi connectivity index (χ1n) is 6.45. The van der Waals surface area contributed by atoms with Crippen LogP contribution in [0, 0.1) is 6.57 Å². The van der Waals surface area contributed by atoms with Gasteiger partial charge in [-0.15, -0.1) is 0 Å². The lowest BCUT2D eigenvalue weighted by molar-refractivity contribution is 0.798. The van der Waals surface area contributed by atoms with Crippen molar-refractivity contribution in [3.8, 4) is 0 Å². The van der Waals surface area contributed by atoms with E-state index >= 15 is 0 Å². The van der Waals surface area contributed by atoms with E-state index in [1.54, 1.807) is 4.57 Å². The van der Waals surface area contributed by atoms with E-state index in [2.05, 4.69) is 4.85 Å². The monoisotopic (exact) mass is 294 g/mol. The van der Waals surface area contributed by atoms with E-state index in [1.165, 1.54) is 0 Å². The molecule has 3 rings (SSSR count). The highest BCUT2D eigenvalue weighted by atomic mass is 35.5. The van der Waals surface area contributed by atoms with Gasteiger partial charge in [0.1, 0.15) is 0 Å². The smallest absolute Gasteiger partial charge is 0.269 e. The first-order chi connectivity index (χ1) is 10.2. The molecular formula is C17H11ClN2O. The number of pyridine rings is 1. The van der Waals surface area contributed by atoms with Crippen LogP contribution < -0.4 is 5.56 Å². The molecule has 0 N–H and O–H groups in total. The number of nitrogens with zero attached hydrogens (tertiary/aromatic N) is 2. The van der Waals surface area contributed by atoms with Crippen molar-refractivity contribution in [1.82, 2.24) is 4.57 Å². The summed E-state index contributed by atoms with van der Waals surface area (Å²) in [5.41, 5.74) is 1.37. The molecule has 0 fully saturated rings. The predicted molar refractivity (Wildman–Crippen MR) is 85.0 cm³/mol. The second-order valence-electron chi connectivity index (χ2n) is 4.67. The molecule has 0 radical (unpaired) electrons. The summed E-state index contributed by atoms with van der Waals surface area (Å²) in [5.74, 6) is 0. The molecule has 102 valence electrons. The van der Waals surface area contributed by atoms with Crippen LogP contribution in [0.1, 0.15) is 5.56 Å². The summed E-state index contributed by atoms with van der Waals surface area (Å²) in [4.78, 5) is 15.8. The lowest BCUT2D eigenvalue weighted by Gasteiger charge is -2.13. The van der Waals surface area contributed by atoms with Crippen LogP contribution in [0.4, 0.5) is 5.69 Å². The van der Waals surface area contributed by atoms with Gasteiger partial charge in [-0.05, 0) is 11.6 Å². The van der Waals surface area contributed by atoms with Crippen LogP contribution in [-0.4, -0.2) is 4.57 Å². The van der Waals surface area contributed by atoms with Crippen molar-refractivity contribution in [3.63, 3.8) is 0 Å². The molecule has 0 aliphatic heterocycles. The van der Waals surface area contributed by atoms with Crippen molar-refractivity contribution in [2.24, 2.45) is 0 Å². The van der Waals surface area contributed by atoms with Gasteiger partial charge >= 0.3 is 0 Å². The van der Waals surface area contributed by atoms with Gasteiger partial charge in [-0.25, -0.2) is 4.85 Å². The minimum absolute atomic E-state index is 0.0219. The van der Waals surface area contributed by atoms with Gasteiger partial charge in [0.15, 0.2) is 0 Å². The van der Waals surface area contributed by atoms with Crippen molar-refractivity contribution >= 4 is 28.2 Å². The lowest BCUT2D eigenvalue weighted by atomic mass is 10.1. The predicted octanol–water partition coefficient (Wildman–Crippen LogP) is 4.25.